The van der Waals surface area contributed by atoms with Crippen molar-refractivity contribution in [2.24, 2.45) is 0 Å². The summed E-state index contributed by atoms with van der Waals surface area (Å²) in [4.78, 5) is 1.12. The first-order chi connectivity index (χ1) is 5.83. The van der Waals surface area contributed by atoms with E-state index in [-0.39, 0.29) is 18.2 Å². The number of halogens is 2. The third kappa shape index (κ3) is 5.13. The van der Waals surface area contributed by atoms with Crippen LogP contribution in [0.4, 0.5) is 4.39 Å². The summed E-state index contributed by atoms with van der Waals surface area (Å²) in [5.74, 6) is 0.843. The molecule has 0 fully saturated rings. The SMILES string of the molecule is CNCCSc1ccc(F)cc1.Cl. The summed E-state index contributed by atoms with van der Waals surface area (Å²) >= 11 is 1.72. The normalized spacial score (nSPS) is 9.38. The fourth-order valence-electron chi connectivity index (χ4n) is 0.802. The summed E-state index contributed by atoms with van der Waals surface area (Å²) in [6.07, 6.45) is 0. The molecule has 0 aromatic heterocycles. The van der Waals surface area contributed by atoms with Gasteiger partial charge in [-0.3, -0.25) is 0 Å². The van der Waals surface area contributed by atoms with Crippen LogP contribution in [0.25, 0.3) is 0 Å². The van der Waals surface area contributed by atoms with Gasteiger partial charge in [-0.1, -0.05) is 0 Å². The Morgan fingerprint density at radius 2 is 1.92 bits per heavy atom. The summed E-state index contributed by atoms with van der Waals surface area (Å²) in [5.41, 5.74) is 0. The van der Waals surface area contributed by atoms with E-state index >= 15 is 0 Å². The van der Waals surface area contributed by atoms with Crippen LogP contribution in [0.5, 0.6) is 0 Å². The lowest BCUT2D eigenvalue weighted by molar-refractivity contribution is 0.626. The molecule has 13 heavy (non-hydrogen) atoms. The maximum absolute atomic E-state index is 12.5. The van der Waals surface area contributed by atoms with Gasteiger partial charge in [0.2, 0.25) is 0 Å². The molecule has 0 spiro atoms. The van der Waals surface area contributed by atoms with E-state index in [2.05, 4.69) is 5.32 Å². The summed E-state index contributed by atoms with van der Waals surface area (Å²) in [6.45, 7) is 0.974. The Bertz CT molecular complexity index is 228. The van der Waals surface area contributed by atoms with E-state index < -0.39 is 0 Å². The first-order valence-corrected chi connectivity index (χ1v) is 4.84. The van der Waals surface area contributed by atoms with Crippen molar-refractivity contribution in [1.82, 2.24) is 5.32 Å². The van der Waals surface area contributed by atoms with Crippen molar-refractivity contribution in [3.63, 3.8) is 0 Å². The lowest BCUT2D eigenvalue weighted by atomic mass is 10.4. The molecule has 0 heterocycles. The molecule has 1 N–H and O–H groups in total. The molecule has 0 aliphatic carbocycles. The molecule has 0 saturated heterocycles. The fraction of sp³-hybridized carbons (Fsp3) is 0.333. The molecule has 0 atom stereocenters. The molecular formula is C9H13ClFNS. The van der Waals surface area contributed by atoms with E-state index in [1.807, 2.05) is 7.05 Å². The van der Waals surface area contributed by atoms with Crippen molar-refractivity contribution in [1.29, 1.82) is 0 Å². The summed E-state index contributed by atoms with van der Waals surface area (Å²) in [7, 11) is 1.92. The highest BCUT2D eigenvalue weighted by atomic mass is 35.5. The Kier molecular flexibility index (Phi) is 7.04. The predicted octanol–water partition coefficient (Wildman–Crippen LogP) is 2.56. The monoisotopic (exact) mass is 221 g/mol. The first kappa shape index (κ1) is 12.8. The zero-order valence-corrected chi connectivity index (χ0v) is 9.05. The average Bonchev–Trinajstić information content (AvgIpc) is 2.09. The van der Waals surface area contributed by atoms with Gasteiger partial charge in [0.25, 0.3) is 0 Å². The van der Waals surface area contributed by atoms with Crippen molar-refractivity contribution in [3.8, 4) is 0 Å². The minimum absolute atomic E-state index is 0. The molecule has 0 amide bonds. The first-order valence-electron chi connectivity index (χ1n) is 3.86. The maximum atomic E-state index is 12.5. The molecule has 0 bridgehead atoms. The third-order valence-corrected chi connectivity index (χ3v) is 2.45. The van der Waals surface area contributed by atoms with E-state index in [1.165, 1.54) is 12.1 Å². The molecule has 4 heteroatoms. The van der Waals surface area contributed by atoms with Gasteiger partial charge in [-0.2, -0.15) is 0 Å². The minimum atomic E-state index is -0.173. The topological polar surface area (TPSA) is 12.0 Å². The van der Waals surface area contributed by atoms with Gasteiger partial charge >= 0.3 is 0 Å². The quantitative estimate of drug-likeness (QED) is 0.620. The van der Waals surface area contributed by atoms with Crippen LogP contribution in [0.1, 0.15) is 0 Å². The smallest absolute Gasteiger partial charge is 0.123 e. The second-order valence-electron chi connectivity index (χ2n) is 2.41. The summed E-state index contributed by atoms with van der Waals surface area (Å²) < 4.78 is 12.5. The molecule has 0 saturated carbocycles. The van der Waals surface area contributed by atoms with E-state index in [9.17, 15) is 4.39 Å². The molecule has 0 radical (unpaired) electrons. The molecular weight excluding hydrogens is 209 g/mol. The number of benzene rings is 1. The van der Waals surface area contributed by atoms with Crippen LogP contribution in [-0.2, 0) is 0 Å². The van der Waals surface area contributed by atoms with Crippen LogP contribution >= 0.6 is 24.2 Å². The van der Waals surface area contributed by atoms with Crippen LogP contribution in [0.15, 0.2) is 29.2 Å². The number of rotatable bonds is 4. The van der Waals surface area contributed by atoms with Crippen molar-refractivity contribution in [2.45, 2.75) is 4.90 Å². The Hall–Kier alpha value is -0.250. The van der Waals surface area contributed by atoms with Crippen molar-refractivity contribution in [2.75, 3.05) is 19.3 Å². The van der Waals surface area contributed by atoms with E-state index in [4.69, 9.17) is 0 Å². The molecule has 0 aliphatic rings. The van der Waals surface area contributed by atoms with Crippen LogP contribution in [-0.4, -0.2) is 19.3 Å². The van der Waals surface area contributed by atoms with Gasteiger partial charge in [-0.25, -0.2) is 4.39 Å². The lowest BCUT2D eigenvalue weighted by Gasteiger charge is -1.99. The van der Waals surface area contributed by atoms with Gasteiger partial charge < -0.3 is 5.32 Å². The van der Waals surface area contributed by atoms with Crippen LogP contribution in [0.2, 0.25) is 0 Å². The van der Waals surface area contributed by atoms with Gasteiger partial charge in [-0.15, -0.1) is 24.2 Å². The summed E-state index contributed by atoms with van der Waals surface area (Å²) in [5, 5.41) is 3.05. The lowest BCUT2D eigenvalue weighted by Crippen LogP contribution is -2.09. The highest BCUT2D eigenvalue weighted by Gasteiger charge is 1.93. The fourth-order valence-corrected chi connectivity index (χ4v) is 1.67. The van der Waals surface area contributed by atoms with Gasteiger partial charge in [0.1, 0.15) is 5.82 Å². The Morgan fingerprint density at radius 1 is 1.31 bits per heavy atom. The van der Waals surface area contributed by atoms with Crippen LogP contribution < -0.4 is 5.32 Å². The van der Waals surface area contributed by atoms with Crippen molar-refractivity contribution < 1.29 is 4.39 Å². The second kappa shape index (κ2) is 7.18. The number of hydrogen-bond acceptors (Lipinski definition) is 2. The predicted molar refractivity (Wildman–Crippen MR) is 58.3 cm³/mol. The zero-order valence-electron chi connectivity index (χ0n) is 7.42. The molecule has 74 valence electrons. The standard InChI is InChI=1S/C9H12FNS.ClH/c1-11-6-7-12-9-4-2-8(10)3-5-9;/h2-5,11H,6-7H2,1H3;1H. The van der Waals surface area contributed by atoms with E-state index in [0.29, 0.717) is 0 Å². The largest absolute Gasteiger partial charge is 0.319 e. The van der Waals surface area contributed by atoms with Gasteiger partial charge in [0.05, 0.1) is 0 Å². The minimum Gasteiger partial charge on any atom is -0.319 e. The number of thioether (sulfide) groups is 1. The molecule has 0 aliphatic heterocycles. The van der Waals surface area contributed by atoms with Crippen molar-refractivity contribution in [3.05, 3.63) is 30.1 Å². The summed E-state index contributed by atoms with van der Waals surface area (Å²) in [6, 6.07) is 6.58. The zero-order chi connectivity index (χ0) is 8.81. The van der Waals surface area contributed by atoms with E-state index in [0.717, 1.165) is 17.2 Å². The highest BCUT2D eigenvalue weighted by Crippen LogP contribution is 2.16. The number of nitrogens with one attached hydrogen (secondary N) is 1. The Labute approximate surface area is 88.5 Å². The molecule has 1 aromatic carbocycles. The molecule has 1 aromatic rings. The van der Waals surface area contributed by atoms with Crippen LogP contribution in [0.3, 0.4) is 0 Å². The number of hydrogen-bond donors (Lipinski definition) is 1. The maximum Gasteiger partial charge on any atom is 0.123 e. The van der Waals surface area contributed by atoms with Crippen LogP contribution in [0, 0.1) is 5.82 Å². The molecule has 1 rings (SSSR count). The highest BCUT2D eigenvalue weighted by molar-refractivity contribution is 7.99. The van der Waals surface area contributed by atoms with Gasteiger partial charge in [0.15, 0.2) is 0 Å². The average molecular weight is 222 g/mol. The van der Waals surface area contributed by atoms with Crippen molar-refractivity contribution >= 4 is 24.2 Å². The molecule has 1 nitrogen and oxygen atoms in total. The second-order valence-corrected chi connectivity index (χ2v) is 3.57. The van der Waals surface area contributed by atoms with E-state index in [1.54, 1.807) is 23.9 Å². The Balaban J connectivity index is 0.00000144. The van der Waals surface area contributed by atoms with Gasteiger partial charge in [0, 0.05) is 17.2 Å². The van der Waals surface area contributed by atoms with Gasteiger partial charge in [-0.05, 0) is 31.3 Å². The Morgan fingerprint density at radius 3 is 2.46 bits per heavy atom. The molecule has 0 unspecified atom stereocenters. The third-order valence-electron chi connectivity index (χ3n) is 1.43.